The molecule has 0 aliphatic carbocycles. The van der Waals surface area contributed by atoms with Crippen LogP contribution in [-0.4, -0.2) is 62.3 Å². The molecule has 206 valence electrons. The number of fused-ring (bicyclic) bond motifs is 1. The number of carbonyl (C=O) groups excluding carboxylic acids is 2. The molecular formula is C25H27N5O7S2. The molecule has 0 unspecified atom stereocenters. The standard InChI is InChI=1S/C25H27N5O7S2/c1-3-18(22(31)24-28-21(4-2)37-29-24)27-25(32)19(15-38(33,34)14-16-10-6-5-7-11-16)26-23-17-12-8-9-13-20(17)39(35,36)30-23/h5-13,18-19H,3-4,14-15H2,1-2H3,(H,26,30)(H,27,32)/t18-,19-/m0/s1. The summed E-state index contributed by atoms with van der Waals surface area (Å²) < 4.78 is 60.0. The van der Waals surface area contributed by atoms with E-state index in [0.29, 0.717) is 12.0 Å². The van der Waals surface area contributed by atoms with E-state index in [1.165, 1.54) is 18.2 Å². The van der Waals surface area contributed by atoms with Crippen molar-refractivity contribution in [3.05, 3.63) is 77.4 Å². The number of sulfone groups is 1. The van der Waals surface area contributed by atoms with Gasteiger partial charge in [0.05, 0.1) is 17.5 Å². The van der Waals surface area contributed by atoms with Crippen molar-refractivity contribution in [1.82, 2.24) is 20.8 Å². The van der Waals surface area contributed by atoms with Crippen LogP contribution in [0, 0.1) is 0 Å². The topological polar surface area (TPSA) is 178 Å². The van der Waals surface area contributed by atoms with Gasteiger partial charge in [0.25, 0.3) is 10.0 Å². The number of aryl methyl sites for hydroxylation is 1. The Morgan fingerprint density at radius 1 is 1.00 bits per heavy atom. The molecule has 1 amide bonds. The van der Waals surface area contributed by atoms with E-state index in [1.807, 2.05) is 0 Å². The number of sulfonamides is 1. The number of nitrogens with one attached hydrogen (secondary N) is 2. The molecule has 2 heterocycles. The normalized spacial score (nSPS) is 15.6. The monoisotopic (exact) mass is 573 g/mol. The molecule has 2 aromatic carbocycles. The van der Waals surface area contributed by atoms with Crippen molar-refractivity contribution in [3.63, 3.8) is 0 Å². The Kier molecular flexibility index (Phi) is 8.25. The molecule has 1 aromatic heterocycles. The first-order valence-electron chi connectivity index (χ1n) is 12.2. The largest absolute Gasteiger partial charge is 0.356 e. The van der Waals surface area contributed by atoms with Gasteiger partial charge in [-0.1, -0.05) is 61.5 Å². The second-order valence-corrected chi connectivity index (χ2v) is 12.5. The van der Waals surface area contributed by atoms with Crippen molar-refractivity contribution in [3.8, 4) is 0 Å². The minimum absolute atomic E-state index is 0.0655. The van der Waals surface area contributed by atoms with E-state index in [1.54, 1.807) is 50.2 Å². The third-order valence-corrected chi connectivity index (χ3v) is 8.89. The van der Waals surface area contributed by atoms with Gasteiger partial charge in [0.15, 0.2) is 9.84 Å². The molecule has 0 radical (unpaired) electrons. The van der Waals surface area contributed by atoms with E-state index in [-0.39, 0.29) is 40.2 Å². The first-order chi connectivity index (χ1) is 18.5. The van der Waals surface area contributed by atoms with Crippen LogP contribution in [-0.2, 0) is 36.8 Å². The van der Waals surface area contributed by atoms with Crippen LogP contribution in [0.2, 0.25) is 0 Å². The zero-order chi connectivity index (χ0) is 28.2. The van der Waals surface area contributed by atoms with Crippen molar-refractivity contribution in [1.29, 1.82) is 0 Å². The van der Waals surface area contributed by atoms with Gasteiger partial charge in [-0.2, -0.15) is 13.4 Å². The van der Waals surface area contributed by atoms with Crippen LogP contribution in [0.3, 0.4) is 0 Å². The third kappa shape index (κ3) is 6.57. The number of amides is 1. The molecule has 0 fully saturated rings. The quantitative estimate of drug-likeness (QED) is 0.319. The van der Waals surface area contributed by atoms with Crippen molar-refractivity contribution < 1.29 is 30.9 Å². The SMILES string of the molecule is CCc1nc(C(=O)[C@H](CC)NC(=O)[C@H](CS(=O)(=O)Cc2ccccc2)NC2=NS(=O)(=O)c3ccccc32)no1. The minimum Gasteiger partial charge on any atom is -0.356 e. The highest BCUT2D eigenvalue weighted by Gasteiger charge is 2.35. The van der Waals surface area contributed by atoms with Crippen molar-refractivity contribution in [2.24, 2.45) is 4.40 Å². The lowest BCUT2D eigenvalue weighted by Gasteiger charge is -2.22. The van der Waals surface area contributed by atoms with E-state index in [2.05, 4.69) is 25.2 Å². The molecule has 1 aliphatic heterocycles. The number of benzene rings is 2. The molecule has 1 aliphatic rings. The summed E-state index contributed by atoms with van der Waals surface area (Å²) >= 11 is 0. The van der Waals surface area contributed by atoms with Gasteiger partial charge < -0.3 is 15.2 Å². The minimum atomic E-state index is -4.03. The number of hydrogen-bond acceptors (Lipinski definition) is 10. The zero-order valence-electron chi connectivity index (χ0n) is 21.2. The van der Waals surface area contributed by atoms with E-state index < -0.39 is 49.4 Å². The van der Waals surface area contributed by atoms with Crippen LogP contribution in [0.15, 0.2) is 68.4 Å². The molecule has 0 bridgehead atoms. The van der Waals surface area contributed by atoms with Gasteiger partial charge in [0, 0.05) is 12.0 Å². The van der Waals surface area contributed by atoms with E-state index in [9.17, 15) is 26.4 Å². The van der Waals surface area contributed by atoms with Gasteiger partial charge in [-0.25, -0.2) is 8.42 Å². The number of ketones is 1. The number of rotatable bonds is 11. The number of nitrogens with zero attached hydrogens (tertiary/aromatic N) is 3. The fourth-order valence-corrected chi connectivity index (χ4v) is 6.72. The van der Waals surface area contributed by atoms with Gasteiger partial charge >= 0.3 is 0 Å². The lowest BCUT2D eigenvalue weighted by Crippen LogP contribution is -2.54. The lowest BCUT2D eigenvalue weighted by atomic mass is 10.1. The summed E-state index contributed by atoms with van der Waals surface area (Å²) in [5.74, 6) is -2.60. The second-order valence-electron chi connectivity index (χ2n) is 8.85. The third-order valence-electron chi connectivity index (χ3n) is 5.94. The lowest BCUT2D eigenvalue weighted by molar-refractivity contribution is -0.122. The Morgan fingerprint density at radius 3 is 2.36 bits per heavy atom. The summed E-state index contributed by atoms with van der Waals surface area (Å²) in [6.07, 6.45) is 0.573. The molecule has 12 nitrogen and oxygen atoms in total. The Hall–Kier alpha value is -3.91. The van der Waals surface area contributed by atoms with Gasteiger partial charge in [-0.05, 0) is 24.1 Å². The summed E-state index contributed by atoms with van der Waals surface area (Å²) in [6, 6.07) is 11.9. The molecule has 0 saturated heterocycles. The van der Waals surface area contributed by atoms with E-state index in [4.69, 9.17) is 4.52 Å². The average Bonchev–Trinajstić information content (AvgIpc) is 3.49. The van der Waals surface area contributed by atoms with Crippen LogP contribution < -0.4 is 10.6 Å². The van der Waals surface area contributed by atoms with Crippen LogP contribution >= 0.6 is 0 Å². The summed E-state index contributed by atoms with van der Waals surface area (Å²) in [4.78, 5) is 30.3. The Balaban J connectivity index is 1.61. The summed E-state index contributed by atoms with van der Waals surface area (Å²) in [6.45, 7) is 3.43. The second kappa shape index (κ2) is 11.5. The van der Waals surface area contributed by atoms with E-state index >= 15 is 0 Å². The average molecular weight is 574 g/mol. The van der Waals surface area contributed by atoms with Crippen LogP contribution in [0.4, 0.5) is 0 Å². The van der Waals surface area contributed by atoms with Gasteiger partial charge in [0.1, 0.15) is 16.8 Å². The first kappa shape index (κ1) is 28.1. The fourth-order valence-electron chi connectivity index (χ4n) is 3.98. The van der Waals surface area contributed by atoms with Gasteiger partial charge in [-0.15, -0.1) is 4.40 Å². The zero-order valence-corrected chi connectivity index (χ0v) is 22.8. The first-order valence-corrected chi connectivity index (χ1v) is 15.4. The van der Waals surface area contributed by atoms with Crippen molar-refractivity contribution >= 4 is 37.4 Å². The maximum atomic E-state index is 13.4. The van der Waals surface area contributed by atoms with Crippen LogP contribution in [0.1, 0.15) is 47.9 Å². The maximum Gasteiger partial charge on any atom is 0.285 e. The molecule has 4 rings (SSSR count). The summed E-state index contributed by atoms with van der Waals surface area (Å²) in [7, 11) is -7.93. The molecule has 0 spiro atoms. The maximum absolute atomic E-state index is 13.4. The molecule has 14 heteroatoms. The highest BCUT2D eigenvalue weighted by molar-refractivity contribution is 7.91. The van der Waals surface area contributed by atoms with Crippen molar-refractivity contribution in [2.45, 2.75) is 49.4 Å². The number of carbonyl (C=O) groups is 2. The molecule has 2 atom stereocenters. The highest BCUT2D eigenvalue weighted by atomic mass is 32.2. The molecule has 39 heavy (non-hydrogen) atoms. The number of aromatic nitrogens is 2. The van der Waals surface area contributed by atoms with E-state index in [0.717, 1.165) is 0 Å². The van der Waals surface area contributed by atoms with Crippen LogP contribution in [0.5, 0.6) is 0 Å². The number of amidine groups is 1. The molecule has 0 saturated carbocycles. The molecule has 3 aromatic rings. The summed E-state index contributed by atoms with van der Waals surface area (Å²) in [5, 5.41) is 8.92. The van der Waals surface area contributed by atoms with Crippen molar-refractivity contribution in [2.75, 3.05) is 5.75 Å². The predicted octanol–water partition coefficient (Wildman–Crippen LogP) is 1.43. The summed E-state index contributed by atoms with van der Waals surface area (Å²) in [5.41, 5.74) is 0.728. The number of hydrogen-bond donors (Lipinski definition) is 2. The highest BCUT2D eigenvalue weighted by Crippen LogP contribution is 2.25. The Bertz CT molecular complexity index is 1620. The Morgan fingerprint density at radius 2 is 1.69 bits per heavy atom. The predicted molar refractivity (Wildman–Crippen MR) is 141 cm³/mol. The number of Topliss-reactive ketones (excluding diaryl/α,β-unsaturated/α-hetero) is 1. The van der Waals surface area contributed by atoms with Crippen LogP contribution in [0.25, 0.3) is 0 Å². The Labute approximate surface area is 225 Å². The van der Waals surface area contributed by atoms with Gasteiger partial charge in [0.2, 0.25) is 23.4 Å². The molecular weight excluding hydrogens is 546 g/mol. The van der Waals surface area contributed by atoms with Gasteiger partial charge in [-0.3, -0.25) is 9.59 Å². The smallest absolute Gasteiger partial charge is 0.285 e. The molecule has 2 N–H and O–H groups in total. The fraction of sp³-hybridized carbons (Fsp3) is 0.320.